The summed E-state index contributed by atoms with van der Waals surface area (Å²) in [6, 6.07) is 5.24. The molecule has 0 fully saturated rings. The Labute approximate surface area is 65.2 Å². The summed E-state index contributed by atoms with van der Waals surface area (Å²) in [4.78, 5) is 0. The molecule has 1 aliphatic heterocycles. The second-order valence-corrected chi connectivity index (χ2v) is 2.73. The summed E-state index contributed by atoms with van der Waals surface area (Å²) in [5, 5.41) is 4.14. The van der Waals surface area contributed by atoms with E-state index in [1.54, 1.807) is 6.07 Å². The monoisotopic (exact) mass is 150 g/mol. The molecule has 0 aliphatic carbocycles. The van der Waals surface area contributed by atoms with E-state index in [9.17, 15) is 4.39 Å². The first-order valence-electron chi connectivity index (χ1n) is 3.77. The van der Waals surface area contributed by atoms with Gasteiger partial charge in [0.1, 0.15) is 5.82 Å². The molecule has 2 heteroatoms. The second-order valence-electron chi connectivity index (χ2n) is 2.73. The molecule has 0 aromatic heterocycles. The Morgan fingerprint density at radius 1 is 1.36 bits per heavy atom. The fraction of sp³-hybridized carbons (Fsp3) is 0.333. The van der Waals surface area contributed by atoms with Gasteiger partial charge in [0.25, 0.3) is 0 Å². The highest BCUT2D eigenvalue weighted by Gasteiger charge is 2.11. The van der Waals surface area contributed by atoms with Crippen molar-refractivity contribution in [1.29, 1.82) is 0 Å². The van der Waals surface area contributed by atoms with Crippen LogP contribution in [0.4, 0.5) is 4.39 Å². The fourth-order valence-corrected chi connectivity index (χ4v) is 1.40. The SMILES string of the molecule is Fc1cccc2c1C[N]CC2. The number of hydrogen-bond acceptors (Lipinski definition) is 0. The minimum absolute atomic E-state index is 0.106. The van der Waals surface area contributed by atoms with Gasteiger partial charge in [-0.25, -0.2) is 9.71 Å². The molecular weight excluding hydrogens is 141 g/mol. The Balaban J connectivity index is 2.49. The van der Waals surface area contributed by atoms with Crippen LogP contribution in [0.1, 0.15) is 11.1 Å². The molecule has 1 radical (unpaired) electrons. The average Bonchev–Trinajstić information content (AvgIpc) is 2.06. The van der Waals surface area contributed by atoms with Crippen molar-refractivity contribution < 1.29 is 4.39 Å². The summed E-state index contributed by atoms with van der Waals surface area (Å²) < 4.78 is 13.0. The lowest BCUT2D eigenvalue weighted by Gasteiger charge is -2.15. The molecule has 0 saturated carbocycles. The van der Waals surface area contributed by atoms with Crippen molar-refractivity contribution in [2.45, 2.75) is 13.0 Å². The first kappa shape index (κ1) is 6.80. The maximum Gasteiger partial charge on any atom is 0.128 e. The largest absolute Gasteiger partial charge is 0.237 e. The van der Waals surface area contributed by atoms with E-state index < -0.39 is 0 Å². The van der Waals surface area contributed by atoms with Gasteiger partial charge in [-0.15, -0.1) is 0 Å². The second kappa shape index (κ2) is 2.62. The zero-order valence-electron chi connectivity index (χ0n) is 6.18. The quantitative estimate of drug-likeness (QED) is 0.532. The molecule has 57 valence electrons. The van der Waals surface area contributed by atoms with Gasteiger partial charge >= 0.3 is 0 Å². The van der Waals surface area contributed by atoms with Gasteiger partial charge in [0, 0.05) is 18.7 Å². The Morgan fingerprint density at radius 3 is 3.09 bits per heavy atom. The van der Waals surface area contributed by atoms with E-state index in [1.807, 2.05) is 6.07 Å². The molecule has 1 aromatic carbocycles. The van der Waals surface area contributed by atoms with Gasteiger partial charge in [-0.3, -0.25) is 0 Å². The van der Waals surface area contributed by atoms with Crippen molar-refractivity contribution in [1.82, 2.24) is 5.32 Å². The molecular formula is C9H9FN. The van der Waals surface area contributed by atoms with E-state index in [0.717, 1.165) is 24.1 Å². The molecule has 0 unspecified atom stereocenters. The molecule has 0 N–H and O–H groups in total. The molecule has 0 spiro atoms. The Hall–Kier alpha value is -0.890. The maximum atomic E-state index is 13.0. The van der Waals surface area contributed by atoms with E-state index >= 15 is 0 Å². The molecule has 0 atom stereocenters. The fourth-order valence-electron chi connectivity index (χ4n) is 1.40. The standard InChI is InChI=1S/C9H9FN/c10-9-3-1-2-7-4-5-11-6-8(7)9/h1-3H,4-6H2. The number of nitrogens with zero attached hydrogens (tertiary/aromatic N) is 1. The van der Waals surface area contributed by atoms with Crippen LogP contribution in [-0.4, -0.2) is 6.54 Å². The van der Waals surface area contributed by atoms with Crippen LogP contribution in [0.15, 0.2) is 18.2 Å². The van der Waals surface area contributed by atoms with E-state index in [2.05, 4.69) is 5.32 Å². The number of rotatable bonds is 0. The number of hydrogen-bond donors (Lipinski definition) is 0. The third-order valence-corrected chi connectivity index (χ3v) is 2.03. The molecule has 2 rings (SSSR count). The number of fused-ring (bicyclic) bond motifs is 1. The lowest BCUT2D eigenvalue weighted by molar-refractivity contribution is 0.557. The molecule has 1 heterocycles. The van der Waals surface area contributed by atoms with Crippen LogP contribution in [0.25, 0.3) is 0 Å². The first-order chi connectivity index (χ1) is 5.38. The van der Waals surface area contributed by atoms with Crippen LogP contribution in [0, 0.1) is 5.82 Å². The highest BCUT2D eigenvalue weighted by atomic mass is 19.1. The van der Waals surface area contributed by atoms with Gasteiger partial charge in [0.05, 0.1) is 0 Å². The summed E-state index contributed by atoms with van der Waals surface area (Å²) in [6.45, 7) is 1.40. The van der Waals surface area contributed by atoms with Crippen molar-refractivity contribution >= 4 is 0 Å². The van der Waals surface area contributed by atoms with Gasteiger partial charge in [-0.1, -0.05) is 12.1 Å². The Bertz CT molecular complexity index is 270. The van der Waals surface area contributed by atoms with E-state index in [4.69, 9.17) is 0 Å². The summed E-state index contributed by atoms with van der Waals surface area (Å²) in [5.74, 6) is -0.106. The van der Waals surface area contributed by atoms with Crippen molar-refractivity contribution in [3.63, 3.8) is 0 Å². The van der Waals surface area contributed by atoms with Gasteiger partial charge in [0.2, 0.25) is 0 Å². The Kier molecular flexibility index (Phi) is 1.62. The molecule has 0 bridgehead atoms. The zero-order chi connectivity index (χ0) is 7.68. The highest BCUT2D eigenvalue weighted by molar-refractivity contribution is 5.30. The van der Waals surface area contributed by atoms with Gasteiger partial charge < -0.3 is 0 Å². The summed E-state index contributed by atoms with van der Waals surface area (Å²) in [7, 11) is 0. The Morgan fingerprint density at radius 2 is 2.27 bits per heavy atom. The summed E-state index contributed by atoms with van der Waals surface area (Å²) >= 11 is 0. The van der Waals surface area contributed by atoms with Gasteiger partial charge in [-0.2, -0.15) is 0 Å². The van der Waals surface area contributed by atoms with E-state index in [0.29, 0.717) is 6.54 Å². The summed E-state index contributed by atoms with van der Waals surface area (Å²) in [6.07, 6.45) is 0.896. The molecule has 1 nitrogen and oxygen atoms in total. The molecule has 1 aliphatic rings. The minimum Gasteiger partial charge on any atom is -0.237 e. The van der Waals surface area contributed by atoms with Crippen molar-refractivity contribution in [3.05, 3.63) is 35.1 Å². The van der Waals surface area contributed by atoms with Crippen LogP contribution in [0.3, 0.4) is 0 Å². The van der Waals surface area contributed by atoms with Crippen LogP contribution in [-0.2, 0) is 13.0 Å². The predicted octanol–water partition coefficient (Wildman–Crippen LogP) is 1.49. The third kappa shape index (κ3) is 1.14. The van der Waals surface area contributed by atoms with Crippen LogP contribution < -0.4 is 5.32 Å². The van der Waals surface area contributed by atoms with Gasteiger partial charge in [-0.05, 0) is 18.1 Å². The predicted molar refractivity (Wildman–Crippen MR) is 40.8 cm³/mol. The van der Waals surface area contributed by atoms with Crippen molar-refractivity contribution in [2.75, 3.05) is 6.54 Å². The van der Waals surface area contributed by atoms with Crippen molar-refractivity contribution in [3.8, 4) is 0 Å². The minimum atomic E-state index is -0.106. The smallest absolute Gasteiger partial charge is 0.128 e. The highest BCUT2D eigenvalue weighted by Crippen LogP contribution is 2.17. The third-order valence-electron chi connectivity index (χ3n) is 2.03. The normalized spacial score (nSPS) is 16.1. The zero-order valence-corrected chi connectivity index (χ0v) is 6.18. The van der Waals surface area contributed by atoms with E-state index in [-0.39, 0.29) is 5.82 Å². The number of benzene rings is 1. The number of halogens is 1. The maximum absolute atomic E-state index is 13.0. The lowest BCUT2D eigenvalue weighted by atomic mass is 10.0. The van der Waals surface area contributed by atoms with Crippen LogP contribution in [0.5, 0.6) is 0 Å². The van der Waals surface area contributed by atoms with Crippen LogP contribution in [0.2, 0.25) is 0 Å². The lowest BCUT2D eigenvalue weighted by Crippen LogP contribution is -2.18. The van der Waals surface area contributed by atoms with Crippen molar-refractivity contribution in [2.24, 2.45) is 0 Å². The van der Waals surface area contributed by atoms with Gasteiger partial charge in [0.15, 0.2) is 0 Å². The summed E-state index contributed by atoms with van der Waals surface area (Å²) in [5.41, 5.74) is 1.92. The topological polar surface area (TPSA) is 14.1 Å². The average molecular weight is 150 g/mol. The molecule has 0 saturated heterocycles. The molecule has 11 heavy (non-hydrogen) atoms. The van der Waals surface area contributed by atoms with Crippen LogP contribution >= 0.6 is 0 Å². The molecule has 1 aromatic rings. The first-order valence-corrected chi connectivity index (χ1v) is 3.77. The molecule has 0 amide bonds. The van der Waals surface area contributed by atoms with E-state index in [1.165, 1.54) is 6.07 Å².